The molecular weight excluding hydrogens is 716 g/mol. The first-order valence-corrected chi connectivity index (χ1v) is 23.1. The summed E-state index contributed by atoms with van der Waals surface area (Å²) in [5.74, 6) is 0. The molecule has 3 heterocycles. The van der Waals surface area contributed by atoms with Gasteiger partial charge in [0.25, 0.3) is 0 Å². The van der Waals surface area contributed by atoms with Crippen molar-refractivity contribution in [3.8, 4) is 0 Å². The van der Waals surface area contributed by atoms with E-state index in [4.69, 9.17) is 47.4 Å². The number of hydrogen-bond acceptors (Lipinski definition) is 11. The monoisotopic (exact) mass is 809 g/mol. The highest BCUT2D eigenvalue weighted by atomic mass is 16.6. The highest BCUT2D eigenvalue weighted by molar-refractivity contribution is 4.67. The summed E-state index contributed by atoms with van der Waals surface area (Å²) < 4.78 is 51.0. The molecule has 1 N–H and O–H groups in total. The second-order valence-electron chi connectivity index (χ2n) is 14.8. The molecule has 6 aliphatic rings. The number of hydrogen-bond donors (Lipinski definition) is 1. The van der Waals surface area contributed by atoms with E-state index in [0.717, 1.165) is 59.5 Å². The highest BCUT2D eigenvalue weighted by Crippen LogP contribution is 2.16. The van der Waals surface area contributed by atoms with E-state index in [1.54, 1.807) is 0 Å². The minimum atomic E-state index is -0.597. The lowest BCUT2D eigenvalue weighted by Gasteiger charge is -2.19. The van der Waals surface area contributed by atoms with Crippen LogP contribution in [0.5, 0.6) is 0 Å². The molecule has 11 nitrogen and oxygen atoms in total. The van der Waals surface area contributed by atoms with Gasteiger partial charge in [0.1, 0.15) is 30.5 Å². The lowest BCUT2D eigenvalue weighted by atomic mass is 10.0. The molecule has 6 fully saturated rings. The van der Waals surface area contributed by atoms with E-state index in [-0.39, 0.29) is 12.7 Å². The summed E-state index contributed by atoms with van der Waals surface area (Å²) in [4.78, 5) is 0. The van der Waals surface area contributed by atoms with Crippen LogP contribution >= 0.6 is 0 Å². The Morgan fingerprint density at radius 1 is 0.375 bits per heavy atom. The molecule has 3 aliphatic carbocycles. The fourth-order valence-electron chi connectivity index (χ4n) is 5.61. The summed E-state index contributed by atoms with van der Waals surface area (Å²) in [6.45, 7) is 22.6. The standard InChI is InChI=1S/C12H26O5.3C6H12.3C5H10O2/c1-4-14-7-11(13)8-17-12(9-15-5-2)10-16-6-3;3*1-2-4-6-5-3-1;3*1-2-6-3-5-4-7-5/h11-13H,4-10H2,1-3H3;3*1-6H2;3*5H,2-4H2,1H3. The maximum Gasteiger partial charge on any atom is 0.104 e. The average molecular weight is 809 g/mol. The molecule has 6 rings (SSSR count). The van der Waals surface area contributed by atoms with Gasteiger partial charge in [-0.1, -0.05) is 116 Å². The van der Waals surface area contributed by atoms with E-state index in [9.17, 15) is 5.11 Å². The molecule has 338 valence electrons. The summed E-state index contributed by atoms with van der Waals surface area (Å²) >= 11 is 0. The van der Waals surface area contributed by atoms with E-state index in [1.165, 1.54) is 116 Å². The molecule has 3 saturated heterocycles. The number of ether oxygens (including phenoxy) is 10. The zero-order chi connectivity index (χ0) is 41.0. The maximum absolute atomic E-state index is 9.55. The minimum absolute atomic E-state index is 0.133. The molecule has 0 aromatic heterocycles. The molecule has 4 unspecified atom stereocenters. The lowest BCUT2D eigenvalue weighted by Crippen LogP contribution is -2.31. The van der Waals surface area contributed by atoms with Gasteiger partial charge in [-0.3, -0.25) is 0 Å². The smallest absolute Gasteiger partial charge is 0.104 e. The zero-order valence-electron chi connectivity index (χ0n) is 37.5. The molecule has 0 bridgehead atoms. The molecule has 0 aromatic rings. The van der Waals surface area contributed by atoms with Crippen molar-refractivity contribution in [3.05, 3.63) is 0 Å². The lowest BCUT2D eigenvalue weighted by molar-refractivity contribution is -0.0901. The van der Waals surface area contributed by atoms with Crippen LogP contribution in [-0.2, 0) is 47.4 Å². The van der Waals surface area contributed by atoms with Crippen LogP contribution in [0.15, 0.2) is 0 Å². The van der Waals surface area contributed by atoms with Crippen molar-refractivity contribution in [1.29, 1.82) is 0 Å². The van der Waals surface area contributed by atoms with Crippen LogP contribution in [0, 0.1) is 0 Å². The Morgan fingerprint density at radius 2 is 0.607 bits per heavy atom. The second kappa shape index (κ2) is 45.6. The van der Waals surface area contributed by atoms with E-state index in [0.29, 0.717) is 58.0 Å². The Morgan fingerprint density at radius 3 is 0.821 bits per heavy atom. The molecule has 0 aromatic carbocycles. The van der Waals surface area contributed by atoms with Gasteiger partial charge in [0.15, 0.2) is 0 Å². The Kier molecular flexibility index (Phi) is 45.3. The first kappa shape index (κ1) is 55.6. The van der Waals surface area contributed by atoms with Gasteiger partial charge in [0, 0.05) is 39.6 Å². The Hall–Kier alpha value is -0.440. The quantitative estimate of drug-likeness (QED) is 0.112. The van der Waals surface area contributed by atoms with Crippen molar-refractivity contribution >= 4 is 0 Å². The number of rotatable bonds is 21. The third-order valence-electron chi connectivity index (χ3n) is 9.29. The normalized spacial score (nSPS) is 22.2. The van der Waals surface area contributed by atoms with Crippen LogP contribution in [0.4, 0.5) is 0 Å². The molecule has 0 amide bonds. The number of aliphatic hydroxyl groups excluding tert-OH is 1. The zero-order valence-corrected chi connectivity index (χ0v) is 37.5. The molecule has 0 spiro atoms. The van der Waals surface area contributed by atoms with Gasteiger partial charge in [-0.05, 0) is 41.5 Å². The summed E-state index contributed by atoms with van der Waals surface area (Å²) in [7, 11) is 0. The fourth-order valence-corrected chi connectivity index (χ4v) is 5.61. The summed E-state index contributed by atoms with van der Waals surface area (Å²) in [5.41, 5.74) is 0. The fraction of sp³-hybridized carbons (Fsp3) is 1.00. The van der Waals surface area contributed by atoms with Crippen molar-refractivity contribution in [2.75, 3.05) is 106 Å². The van der Waals surface area contributed by atoms with Crippen LogP contribution in [0.2, 0.25) is 0 Å². The van der Waals surface area contributed by atoms with E-state index >= 15 is 0 Å². The first-order valence-electron chi connectivity index (χ1n) is 23.1. The average Bonchev–Trinajstić information content (AvgIpc) is 4.11. The third kappa shape index (κ3) is 47.9. The Balaban J connectivity index is 0.000000659. The summed E-state index contributed by atoms with van der Waals surface area (Å²) in [6, 6.07) is 0. The van der Waals surface area contributed by atoms with Gasteiger partial charge in [0.2, 0.25) is 0 Å². The molecule has 11 heteroatoms. The van der Waals surface area contributed by atoms with E-state index in [1.807, 2.05) is 41.5 Å². The van der Waals surface area contributed by atoms with Crippen LogP contribution < -0.4 is 0 Å². The van der Waals surface area contributed by atoms with E-state index < -0.39 is 6.10 Å². The summed E-state index contributed by atoms with van der Waals surface area (Å²) in [5, 5.41) is 9.55. The maximum atomic E-state index is 9.55. The molecule has 3 aliphatic heterocycles. The molecule has 4 atom stereocenters. The molecular formula is C45H92O11. The molecule has 3 saturated carbocycles. The predicted molar refractivity (Wildman–Crippen MR) is 227 cm³/mol. The SMILES string of the molecule is C1CCCCC1.C1CCCCC1.C1CCCCC1.CCOCC(O)COC(COCC)COCC.CCOCC1CO1.CCOCC1CO1.CCOCC1CO1. The van der Waals surface area contributed by atoms with Gasteiger partial charge in [-0.2, -0.15) is 0 Å². The topological polar surface area (TPSA) is 122 Å². The van der Waals surface area contributed by atoms with Crippen LogP contribution in [-0.4, -0.2) is 141 Å². The van der Waals surface area contributed by atoms with Gasteiger partial charge >= 0.3 is 0 Å². The van der Waals surface area contributed by atoms with Crippen molar-refractivity contribution in [1.82, 2.24) is 0 Å². The third-order valence-corrected chi connectivity index (χ3v) is 9.29. The first-order chi connectivity index (χ1) is 27.5. The van der Waals surface area contributed by atoms with Gasteiger partial charge < -0.3 is 52.5 Å². The molecule has 0 radical (unpaired) electrons. The van der Waals surface area contributed by atoms with Crippen molar-refractivity contribution < 1.29 is 52.5 Å². The number of epoxide rings is 3. The van der Waals surface area contributed by atoms with Gasteiger partial charge in [0.05, 0.1) is 66.1 Å². The predicted octanol–water partition coefficient (Wildman–Crippen LogP) is 9.13. The van der Waals surface area contributed by atoms with Crippen LogP contribution in [0.1, 0.15) is 157 Å². The minimum Gasteiger partial charge on any atom is -0.388 e. The van der Waals surface area contributed by atoms with Gasteiger partial charge in [-0.15, -0.1) is 0 Å². The number of aliphatic hydroxyl groups is 1. The van der Waals surface area contributed by atoms with Crippen molar-refractivity contribution in [2.24, 2.45) is 0 Å². The Bertz CT molecular complexity index is 601. The van der Waals surface area contributed by atoms with Crippen LogP contribution in [0.3, 0.4) is 0 Å². The van der Waals surface area contributed by atoms with Crippen molar-refractivity contribution in [3.63, 3.8) is 0 Å². The molecule has 56 heavy (non-hydrogen) atoms. The van der Waals surface area contributed by atoms with E-state index in [2.05, 4.69) is 0 Å². The summed E-state index contributed by atoms with van der Waals surface area (Å²) in [6.07, 6.45) is 27.6. The second-order valence-corrected chi connectivity index (χ2v) is 14.8. The highest BCUT2D eigenvalue weighted by Gasteiger charge is 2.22. The Labute approximate surface area is 345 Å². The largest absolute Gasteiger partial charge is 0.388 e. The van der Waals surface area contributed by atoms with Crippen molar-refractivity contribution in [2.45, 2.75) is 188 Å². The van der Waals surface area contributed by atoms with Gasteiger partial charge in [-0.25, -0.2) is 0 Å². The van der Waals surface area contributed by atoms with Crippen LogP contribution in [0.25, 0.3) is 0 Å².